The summed E-state index contributed by atoms with van der Waals surface area (Å²) >= 11 is 3.24. The summed E-state index contributed by atoms with van der Waals surface area (Å²) in [5, 5.41) is 0. The summed E-state index contributed by atoms with van der Waals surface area (Å²) in [7, 11) is 0. The summed E-state index contributed by atoms with van der Waals surface area (Å²) in [6.45, 7) is 3.62. The number of ketones is 1. The van der Waals surface area contributed by atoms with Gasteiger partial charge in [-0.3, -0.25) is 4.79 Å². The predicted octanol–water partition coefficient (Wildman–Crippen LogP) is 2.68. The van der Waals surface area contributed by atoms with Crippen LogP contribution in [-0.2, 0) is 11.2 Å². The van der Waals surface area contributed by atoms with Crippen LogP contribution >= 0.6 is 15.9 Å². The molecule has 0 saturated heterocycles. The number of benzene rings is 1. The average molecular weight is 288 g/mol. The van der Waals surface area contributed by atoms with Gasteiger partial charge in [0, 0.05) is 22.9 Å². The summed E-state index contributed by atoms with van der Waals surface area (Å²) in [6.07, 6.45) is 0.281. The molecule has 1 aromatic carbocycles. The van der Waals surface area contributed by atoms with Crippen LogP contribution in [0.4, 0.5) is 4.39 Å². The molecule has 0 fully saturated rings. The molecule has 88 valence electrons. The van der Waals surface area contributed by atoms with Crippen molar-refractivity contribution in [1.82, 2.24) is 0 Å². The van der Waals surface area contributed by atoms with Gasteiger partial charge in [-0.15, -0.1) is 0 Å². The van der Waals surface area contributed by atoms with Crippen LogP contribution in [0.5, 0.6) is 0 Å². The number of Topliss-reactive ketones (excluding diaryl/α,β-unsaturated/α-hetero) is 1. The molecule has 0 spiro atoms. The van der Waals surface area contributed by atoms with Crippen LogP contribution in [-0.4, -0.2) is 11.8 Å². The van der Waals surface area contributed by atoms with Crippen LogP contribution in [0.1, 0.15) is 19.4 Å². The molecule has 0 aliphatic heterocycles. The lowest BCUT2D eigenvalue weighted by atomic mass is 9.94. The van der Waals surface area contributed by atoms with E-state index >= 15 is 0 Å². The Kier molecular flexibility index (Phi) is 4.62. The fourth-order valence-corrected chi connectivity index (χ4v) is 1.80. The fourth-order valence-electron chi connectivity index (χ4n) is 1.31. The Morgan fingerprint density at radius 3 is 2.62 bits per heavy atom. The predicted molar refractivity (Wildman–Crippen MR) is 65.6 cm³/mol. The van der Waals surface area contributed by atoms with Crippen LogP contribution in [0.15, 0.2) is 22.7 Å². The van der Waals surface area contributed by atoms with Crippen molar-refractivity contribution in [3.8, 4) is 0 Å². The van der Waals surface area contributed by atoms with E-state index in [0.717, 1.165) is 5.56 Å². The van der Waals surface area contributed by atoms with Gasteiger partial charge in [0.25, 0.3) is 0 Å². The third-order valence-electron chi connectivity index (χ3n) is 2.68. The van der Waals surface area contributed by atoms with E-state index in [2.05, 4.69) is 15.9 Å². The van der Waals surface area contributed by atoms with E-state index in [0.29, 0.717) is 4.47 Å². The molecule has 0 heterocycles. The second-order valence-corrected chi connectivity index (χ2v) is 4.88. The normalized spacial score (nSPS) is 14.6. The van der Waals surface area contributed by atoms with E-state index in [-0.39, 0.29) is 30.0 Å². The maximum atomic E-state index is 12.8. The Balaban J connectivity index is 2.77. The number of rotatable bonds is 4. The summed E-state index contributed by atoms with van der Waals surface area (Å²) < 4.78 is 13.5. The Bertz CT molecular complexity index is 393. The maximum Gasteiger partial charge on any atom is 0.141 e. The van der Waals surface area contributed by atoms with Crippen molar-refractivity contribution in [2.45, 2.75) is 26.3 Å². The van der Waals surface area contributed by atoms with Crippen LogP contribution in [0.2, 0.25) is 0 Å². The number of hydrogen-bond acceptors (Lipinski definition) is 2. The van der Waals surface area contributed by atoms with Crippen molar-refractivity contribution in [3.05, 3.63) is 34.1 Å². The second kappa shape index (κ2) is 5.55. The first-order chi connectivity index (χ1) is 7.41. The first kappa shape index (κ1) is 13.3. The summed E-state index contributed by atoms with van der Waals surface area (Å²) in [4.78, 5) is 11.8. The maximum absolute atomic E-state index is 12.8. The van der Waals surface area contributed by atoms with Crippen molar-refractivity contribution in [2.24, 2.45) is 11.7 Å². The minimum atomic E-state index is -0.316. The lowest BCUT2D eigenvalue weighted by molar-refractivity contribution is -0.122. The summed E-state index contributed by atoms with van der Waals surface area (Å²) in [5.41, 5.74) is 6.45. The van der Waals surface area contributed by atoms with Gasteiger partial charge >= 0.3 is 0 Å². The highest BCUT2D eigenvalue weighted by Crippen LogP contribution is 2.20. The van der Waals surface area contributed by atoms with E-state index in [9.17, 15) is 9.18 Å². The average Bonchev–Trinajstić information content (AvgIpc) is 2.20. The Morgan fingerprint density at radius 2 is 2.12 bits per heavy atom. The molecule has 0 aliphatic rings. The first-order valence-electron chi connectivity index (χ1n) is 5.14. The van der Waals surface area contributed by atoms with Gasteiger partial charge in [0.15, 0.2) is 0 Å². The molecule has 0 aromatic heterocycles. The molecule has 0 aliphatic carbocycles. The number of nitrogens with two attached hydrogens (primary N) is 1. The molecule has 2 N–H and O–H groups in total. The quantitative estimate of drug-likeness (QED) is 0.925. The van der Waals surface area contributed by atoms with E-state index in [1.807, 2.05) is 13.8 Å². The first-order valence-corrected chi connectivity index (χ1v) is 5.93. The van der Waals surface area contributed by atoms with Gasteiger partial charge in [0.05, 0.1) is 0 Å². The molecule has 2 unspecified atom stereocenters. The zero-order chi connectivity index (χ0) is 12.3. The van der Waals surface area contributed by atoms with E-state index in [1.54, 1.807) is 6.07 Å². The van der Waals surface area contributed by atoms with Gasteiger partial charge < -0.3 is 5.73 Å². The molecule has 2 nitrogen and oxygen atoms in total. The van der Waals surface area contributed by atoms with Gasteiger partial charge in [-0.25, -0.2) is 4.39 Å². The number of carbonyl (C=O) groups excluding carboxylic acids is 1. The van der Waals surface area contributed by atoms with Gasteiger partial charge in [-0.2, -0.15) is 0 Å². The summed E-state index contributed by atoms with van der Waals surface area (Å²) in [6, 6.07) is 4.17. The highest BCUT2D eigenvalue weighted by atomic mass is 79.9. The monoisotopic (exact) mass is 287 g/mol. The number of halogens is 2. The number of hydrogen-bond donors (Lipinski definition) is 1. The Labute approximate surface area is 103 Å². The van der Waals surface area contributed by atoms with Gasteiger partial charge in [0.2, 0.25) is 0 Å². The third-order valence-corrected chi connectivity index (χ3v) is 3.41. The molecule has 4 heteroatoms. The fraction of sp³-hybridized carbons (Fsp3) is 0.417. The van der Waals surface area contributed by atoms with Crippen molar-refractivity contribution in [3.63, 3.8) is 0 Å². The Morgan fingerprint density at radius 1 is 1.50 bits per heavy atom. The molecule has 0 bridgehead atoms. The van der Waals surface area contributed by atoms with Gasteiger partial charge in [-0.1, -0.05) is 28.9 Å². The number of carbonyl (C=O) groups is 1. The lowest BCUT2D eigenvalue weighted by Gasteiger charge is -2.14. The standard InChI is InChI=1S/C12H15BrFNO/c1-7(8(2)15)12(16)5-9-3-4-10(14)6-11(9)13/h3-4,6-8H,5,15H2,1-2H3. The molecule has 0 radical (unpaired) electrons. The molecule has 0 saturated carbocycles. The Hall–Kier alpha value is -0.740. The SMILES string of the molecule is CC(N)C(C)C(=O)Cc1ccc(F)cc1Br. The van der Waals surface area contributed by atoms with E-state index < -0.39 is 0 Å². The van der Waals surface area contributed by atoms with Crippen LogP contribution in [0.3, 0.4) is 0 Å². The van der Waals surface area contributed by atoms with Crippen LogP contribution < -0.4 is 5.73 Å². The van der Waals surface area contributed by atoms with Gasteiger partial charge in [-0.05, 0) is 24.6 Å². The largest absolute Gasteiger partial charge is 0.327 e. The van der Waals surface area contributed by atoms with E-state index in [4.69, 9.17) is 5.73 Å². The highest BCUT2D eigenvalue weighted by Gasteiger charge is 2.18. The molecule has 2 atom stereocenters. The topological polar surface area (TPSA) is 43.1 Å². The molecule has 0 amide bonds. The third kappa shape index (κ3) is 3.39. The minimum Gasteiger partial charge on any atom is -0.327 e. The van der Waals surface area contributed by atoms with Crippen molar-refractivity contribution < 1.29 is 9.18 Å². The zero-order valence-corrected chi connectivity index (χ0v) is 10.9. The molecule has 1 rings (SSSR count). The minimum absolute atomic E-state index is 0.0716. The smallest absolute Gasteiger partial charge is 0.141 e. The molecular formula is C12H15BrFNO. The van der Waals surface area contributed by atoms with Crippen molar-refractivity contribution in [2.75, 3.05) is 0 Å². The highest BCUT2D eigenvalue weighted by molar-refractivity contribution is 9.10. The van der Waals surface area contributed by atoms with E-state index in [1.165, 1.54) is 12.1 Å². The van der Waals surface area contributed by atoms with Crippen LogP contribution in [0, 0.1) is 11.7 Å². The molecular weight excluding hydrogens is 273 g/mol. The van der Waals surface area contributed by atoms with Gasteiger partial charge in [0.1, 0.15) is 11.6 Å². The lowest BCUT2D eigenvalue weighted by Crippen LogP contribution is -2.31. The van der Waals surface area contributed by atoms with Crippen LogP contribution in [0.25, 0.3) is 0 Å². The molecule has 16 heavy (non-hydrogen) atoms. The van der Waals surface area contributed by atoms with Crippen molar-refractivity contribution in [1.29, 1.82) is 0 Å². The van der Waals surface area contributed by atoms with Crippen molar-refractivity contribution >= 4 is 21.7 Å². The zero-order valence-electron chi connectivity index (χ0n) is 9.34. The summed E-state index contributed by atoms with van der Waals surface area (Å²) in [5.74, 6) is -0.428. The second-order valence-electron chi connectivity index (χ2n) is 4.03. The molecule has 1 aromatic rings.